The monoisotopic (exact) mass is 421 g/mol. The number of nitrogens with zero attached hydrogens (tertiary/aromatic N) is 2. The highest BCUT2D eigenvalue weighted by Crippen LogP contribution is 2.56. The van der Waals surface area contributed by atoms with Gasteiger partial charge in [-0.15, -0.1) is 0 Å². The number of hydrogen-bond acceptors (Lipinski definition) is 3. The lowest BCUT2D eigenvalue weighted by Crippen LogP contribution is -2.66. The van der Waals surface area contributed by atoms with Crippen molar-refractivity contribution in [2.75, 3.05) is 13.2 Å². The number of rotatable bonds is 1. The smallest absolute Gasteiger partial charge is 0.370 e. The number of halogens is 3. The molecule has 162 valence electrons. The molecule has 8 heteroatoms. The maximum atomic E-state index is 13.2. The van der Waals surface area contributed by atoms with E-state index >= 15 is 0 Å². The van der Waals surface area contributed by atoms with E-state index < -0.39 is 23.5 Å². The summed E-state index contributed by atoms with van der Waals surface area (Å²) in [6.07, 6.45) is -2.05. The predicted octanol–water partition coefficient (Wildman–Crippen LogP) is 4.42. The summed E-state index contributed by atoms with van der Waals surface area (Å²) in [5.74, 6) is -0.918. The molecule has 5 nitrogen and oxygen atoms in total. The largest absolute Gasteiger partial charge is 0.471 e. The zero-order valence-corrected chi connectivity index (χ0v) is 17.4. The lowest BCUT2D eigenvalue weighted by atomic mass is 9.51. The second kappa shape index (κ2) is 6.22. The quantitative estimate of drug-likeness (QED) is 0.742. The number of imidazole rings is 1. The molecule has 3 aliphatic rings. The van der Waals surface area contributed by atoms with Gasteiger partial charge >= 0.3 is 12.1 Å². The minimum absolute atomic E-state index is 0.0272. The Kier molecular flexibility index (Phi) is 4.11. The van der Waals surface area contributed by atoms with Gasteiger partial charge in [-0.05, 0) is 54.4 Å². The molecule has 1 aliphatic carbocycles. The second-order valence-electron chi connectivity index (χ2n) is 9.67. The summed E-state index contributed by atoms with van der Waals surface area (Å²) in [4.78, 5) is 21.3. The molecule has 3 heterocycles. The highest BCUT2D eigenvalue weighted by molar-refractivity contribution is 5.83. The van der Waals surface area contributed by atoms with Gasteiger partial charge in [0.1, 0.15) is 11.9 Å². The summed E-state index contributed by atoms with van der Waals surface area (Å²) in [6.45, 7) is 6.95. The molecule has 1 aromatic carbocycles. The van der Waals surface area contributed by atoms with Gasteiger partial charge in [-0.2, -0.15) is 13.2 Å². The first-order valence-corrected chi connectivity index (χ1v) is 10.5. The molecule has 5 rings (SSSR count). The number of ether oxygens (including phenoxy) is 1. The third-order valence-electron chi connectivity index (χ3n) is 7.96. The Morgan fingerprint density at radius 3 is 2.73 bits per heavy atom. The number of carbonyl (C=O) groups is 1. The fourth-order valence-electron chi connectivity index (χ4n) is 5.79. The molecular formula is C22H26F3N3O2. The number of alkyl halides is 3. The zero-order valence-electron chi connectivity index (χ0n) is 17.4. The fraction of sp³-hybridized carbons (Fsp3) is 0.636. The summed E-state index contributed by atoms with van der Waals surface area (Å²) in [5.41, 5.74) is 3.04. The number of amides is 1. The molecule has 0 spiro atoms. The number of fused-ring (bicyclic) bond motifs is 5. The topological polar surface area (TPSA) is 58.2 Å². The first-order valence-electron chi connectivity index (χ1n) is 10.5. The molecule has 2 fully saturated rings. The van der Waals surface area contributed by atoms with Gasteiger partial charge in [0.05, 0.1) is 11.0 Å². The van der Waals surface area contributed by atoms with Crippen LogP contribution >= 0.6 is 0 Å². The first kappa shape index (κ1) is 19.8. The van der Waals surface area contributed by atoms with Crippen LogP contribution in [0.25, 0.3) is 11.0 Å². The average molecular weight is 421 g/mol. The molecule has 1 N–H and O–H groups in total. The Morgan fingerprint density at radius 1 is 1.30 bits per heavy atom. The molecule has 1 aromatic heterocycles. The SMILES string of the molecule is CC1(C)[C@H]2Cc3cc4nc([C@H]5CCCO5)[nH]c4cc3[C@]1(C)CCN2C(=O)C(F)(F)F. The number of likely N-dealkylation sites (tertiary alicyclic amines) is 1. The van der Waals surface area contributed by atoms with Gasteiger partial charge < -0.3 is 14.6 Å². The van der Waals surface area contributed by atoms with Gasteiger partial charge in [0, 0.05) is 24.6 Å². The van der Waals surface area contributed by atoms with Crippen LogP contribution in [-0.2, 0) is 21.4 Å². The maximum absolute atomic E-state index is 13.2. The average Bonchev–Trinajstić information content (AvgIpc) is 3.31. The Labute approximate surface area is 173 Å². The Morgan fingerprint density at radius 2 is 2.07 bits per heavy atom. The maximum Gasteiger partial charge on any atom is 0.471 e. The number of aromatic nitrogens is 2. The normalized spacial score (nSPS) is 30.5. The fourth-order valence-corrected chi connectivity index (χ4v) is 5.79. The molecule has 0 saturated carbocycles. The predicted molar refractivity (Wildman–Crippen MR) is 105 cm³/mol. The van der Waals surface area contributed by atoms with Crippen LogP contribution in [0.15, 0.2) is 12.1 Å². The minimum Gasteiger partial charge on any atom is -0.370 e. The van der Waals surface area contributed by atoms with Gasteiger partial charge in [0.25, 0.3) is 0 Å². The van der Waals surface area contributed by atoms with Gasteiger partial charge in [-0.3, -0.25) is 4.79 Å². The summed E-state index contributed by atoms with van der Waals surface area (Å²) < 4.78 is 45.5. The van der Waals surface area contributed by atoms with E-state index in [1.807, 2.05) is 19.9 Å². The number of aromatic amines is 1. The Hall–Kier alpha value is -2.09. The third-order valence-corrected chi connectivity index (χ3v) is 7.96. The van der Waals surface area contributed by atoms with Crippen molar-refractivity contribution in [3.05, 3.63) is 29.1 Å². The zero-order chi connectivity index (χ0) is 21.5. The van der Waals surface area contributed by atoms with Crippen LogP contribution < -0.4 is 0 Å². The van der Waals surface area contributed by atoms with Crippen LogP contribution in [0.4, 0.5) is 13.2 Å². The number of H-pyrrole nitrogens is 1. The summed E-state index contributed by atoms with van der Waals surface area (Å²) >= 11 is 0. The van der Waals surface area contributed by atoms with E-state index in [0.29, 0.717) is 12.8 Å². The molecule has 0 unspecified atom stereocenters. The Balaban J connectivity index is 1.60. The van der Waals surface area contributed by atoms with Gasteiger partial charge in [0.2, 0.25) is 0 Å². The van der Waals surface area contributed by atoms with E-state index in [4.69, 9.17) is 9.72 Å². The summed E-state index contributed by atoms with van der Waals surface area (Å²) in [7, 11) is 0. The number of hydrogen-bond donors (Lipinski definition) is 1. The van der Waals surface area contributed by atoms with Crippen molar-refractivity contribution in [3.63, 3.8) is 0 Å². The van der Waals surface area contributed by atoms with Crippen molar-refractivity contribution in [1.29, 1.82) is 0 Å². The van der Waals surface area contributed by atoms with E-state index in [1.165, 1.54) is 0 Å². The van der Waals surface area contributed by atoms with E-state index in [2.05, 4.69) is 18.0 Å². The summed E-state index contributed by atoms with van der Waals surface area (Å²) in [5, 5.41) is 0. The molecular weight excluding hydrogens is 395 g/mol. The number of carbonyl (C=O) groups excluding carboxylic acids is 1. The molecule has 1 amide bonds. The summed E-state index contributed by atoms with van der Waals surface area (Å²) in [6, 6.07) is 3.60. The van der Waals surface area contributed by atoms with Crippen LogP contribution in [0.2, 0.25) is 0 Å². The molecule has 2 aliphatic heterocycles. The van der Waals surface area contributed by atoms with Crippen LogP contribution in [0.5, 0.6) is 0 Å². The van der Waals surface area contributed by atoms with Crippen molar-refractivity contribution in [3.8, 4) is 0 Å². The molecule has 2 aromatic rings. The number of nitrogens with one attached hydrogen (secondary N) is 1. The Bertz CT molecular complexity index is 1020. The van der Waals surface area contributed by atoms with Gasteiger partial charge in [0.15, 0.2) is 0 Å². The van der Waals surface area contributed by atoms with Gasteiger partial charge in [-0.25, -0.2) is 4.98 Å². The van der Waals surface area contributed by atoms with E-state index in [-0.39, 0.29) is 18.1 Å². The third kappa shape index (κ3) is 2.65. The van der Waals surface area contributed by atoms with Crippen molar-refractivity contribution in [2.24, 2.45) is 5.41 Å². The highest BCUT2D eigenvalue weighted by Gasteiger charge is 2.59. The van der Waals surface area contributed by atoms with E-state index in [1.54, 1.807) is 0 Å². The molecule has 30 heavy (non-hydrogen) atoms. The lowest BCUT2D eigenvalue weighted by molar-refractivity contribution is -0.195. The van der Waals surface area contributed by atoms with Gasteiger partial charge in [-0.1, -0.05) is 20.8 Å². The standard InChI is InChI=1S/C22H26F3N3O2/c1-20(2)17-10-12-9-14-15(27-18(26-14)16-5-4-8-30-16)11-13(12)21(20,3)6-7-28(17)19(29)22(23,24)25/h9,11,16-17H,4-8,10H2,1-3H3,(H,26,27)/t16-,17-,21+/m1/s1. The van der Waals surface area contributed by atoms with E-state index in [0.717, 1.165) is 52.3 Å². The van der Waals surface area contributed by atoms with Crippen LogP contribution in [0, 0.1) is 5.41 Å². The highest BCUT2D eigenvalue weighted by atomic mass is 19.4. The van der Waals surface area contributed by atoms with E-state index in [9.17, 15) is 18.0 Å². The number of piperidine rings is 1. The second-order valence-corrected chi connectivity index (χ2v) is 9.67. The molecule has 0 radical (unpaired) electrons. The van der Waals surface area contributed by atoms with Crippen LogP contribution in [-0.4, -0.2) is 46.1 Å². The first-order chi connectivity index (χ1) is 14.0. The minimum atomic E-state index is -4.85. The van der Waals surface area contributed by atoms with Crippen LogP contribution in [0.1, 0.15) is 63.1 Å². The van der Waals surface area contributed by atoms with Crippen molar-refractivity contribution in [2.45, 2.75) is 70.2 Å². The molecule has 2 saturated heterocycles. The van der Waals surface area contributed by atoms with Crippen molar-refractivity contribution >= 4 is 16.9 Å². The van der Waals surface area contributed by atoms with Crippen molar-refractivity contribution < 1.29 is 22.7 Å². The van der Waals surface area contributed by atoms with Crippen molar-refractivity contribution in [1.82, 2.24) is 14.9 Å². The lowest BCUT2D eigenvalue weighted by Gasteiger charge is -2.60. The van der Waals surface area contributed by atoms with Crippen LogP contribution in [0.3, 0.4) is 0 Å². The molecule has 2 bridgehead atoms. The number of benzene rings is 1. The molecule has 3 atom stereocenters.